The van der Waals surface area contributed by atoms with Crippen molar-refractivity contribution in [2.75, 3.05) is 12.4 Å². The van der Waals surface area contributed by atoms with Crippen molar-refractivity contribution in [1.29, 1.82) is 0 Å². The van der Waals surface area contributed by atoms with Gasteiger partial charge in [0.2, 0.25) is 0 Å². The van der Waals surface area contributed by atoms with Gasteiger partial charge in [-0.3, -0.25) is 0 Å². The number of methoxy groups -OCH3 is 1. The summed E-state index contributed by atoms with van der Waals surface area (Å²) in [6.45, 7) is 6.63. The second-order valence-electron chi connectivity index (χ2n) is 8.65. The van der Waals surface area contributed by atoms with E-state index in [2.05, 4.69) is 55.7 Å². The predicted octanol–water partition coefficient (Wildman–Crippen LogP) is 7.14. The van der Waals surface area contributed by atoms with Crippen LogP contribution in [0.15, 0.2) is 24.3 Å². The first-order chi connectivity index (χ1) is 15.5. The highest BCUT2D eigenvalue weighted by molar-refractivity contribution is 7.80. The molecule has 2 aromatic rings. The van der Waals surface area contributed by atoms with Crippen LogP contribution in [0.3, 0.4) is 0 Å². The number of hydrogen-bond donors (Lipinski definition) is 2. The lowest BCUT2D eigenvalue weighted by atomic mass is 9.95. The van der Waals surface area contributed by atoms with E-state index in [-0.39, 0.29) is 12.0 Å². The molecular formula is C26H36N2O2S2. The molecule has 0 spiro atoms. The molecule has 4 nitrogen and oxygen atoms in total. The summed E-state index contributed by atoms with van der Waals surface area (Å²) in [5, 5.41) is 8.15. The van der Waals surface area contributed by atoms with Gasteiger partial charge in [-0.05, 0) is 73.4 Å². The van der Waals surface area contributed by atoms with Gasteiger partial charge in [-0.15, -0.1) is 11.3 Å². The lowest BCUT2D eigenvalue weighted by Crippen LogP contribution is -2.32. The highest BCUT2D eigenvalue weighted by Gasteiger charge is 2.25. The number of thiophene rings is 1. The standard InChI is InChI=1S/C26H36N2O2S2/c1-5-17(3)18-13-15-19(16-14-18)21(6-2)27-26(31)28-24-23(25(29)30-4)20-11-9-7-8-10-12-22(20)32-24/h13-17,21H,5-12H2,1-4H3,(H2,27,28,31). The first kappa shape index (κ1) is 24.7. The average Bonchev–Trinajstić information content (AvgIpc) is 3.12. The Morgan fingerprint density at radius 1 is 1.06 bits per heavy atom. The number of ether oxygens (including phenoxy) is 1. The van der Waals surface area contributed by atoms with Crippen LogP contribution in [0.2, 0.25) is 0 Å². The maximum absolute atomic E-state index is 12.6. The van der Waals surface area contributed by atoms with Crippen molar-refractivity contribution < 1.29 is 9.53 Å². The molecule has 3 rings (SSSR count). The van der Waals surface area contributed by atoms with Gasteiger partial charge in [0.25, 0.3) is 0 Å². The zero-order chi connectivity index (χ0) is 23.1. The summed E-state index contributed by atoms with van der Waals surface area (Å²) in [5.41, 5.74) is 4.41. The normalized spacial score (nSPS) is 15.6. The Morgan fingerprint density at radius 3 is 2.34 bits per heavy atom. The van der Waals surface area contributed by atoms with Crippen LogP contribution in [0.1, 0.15) is 103 Å². The van der Waals surface area contributed by atoms with Crippen LogP contribution in [0.4, 0.5) is 5.00 Å². The Balaban J connectivity index is 1.77. The van der Waals surface area contributed by atoms with Crippen molar-refractivity contribution in [3.63, 3.8) is 0 Å². The van der Waals surface area contributed by atoms with E-state index in [0.29, 0.717) is 16.6 Å². The number of esters is 1. The van der Waals surface area contributed by atoms with Crippen molar-refractivity contribution in [2.24, 2.45) is 0 Å². The molecule has 1 aliphatic carbocycles. The van der Waals surface area contributed by atoms with Crippen LogP contribution in [-0.2, 0) is 17.6 Å². The average molecular weight is 473 g/mol. The van der Waals surface area contributed by atoms with Crippen molar-refractivity contribution in [3.05, 3.63) is 51.4 Å². The summed E-state index contributed by atoms with van der Waals surface area (Å²) < 4.78 is 5.13. The van der Waals surface area contributed by atoms with Gasteiger partial charge in [0.1, 0.15) is 5.00 Å². The minimum atomic E-state index is -0.277. The predicted molar refractivity (Wildman–Crippen MR) is 139 cm³/mol. The molecule has 0 radical (unpaired) electrons. The first-order valence-corrected chi connectivity index (χ1v) is 13.1. The van der Waals surface area contributed by atoms with E-state index in [9.17, 15) is 4.79 Å². The smallest absolute Gasteiger partial charge is 0.341 e. The Morgan fingerprint density at radius 2 is 1.72 bits per heavy atom. The number of rotatable bonds is 7. The lowest BCUT2D eigenvalue weighted by Gasteiger charge is -2.21. The monoisotopic (exact) mass is 472 g/mol. The molecule has 2 atom stereocenters. The van der Waals surface area contributed by atoms with Crippen LogP contribution in [0.5, 0.6) is 0 Å². The number of anilines is 1. The van der Waals surface area contributed by atoms with Gasteiger partial charge >= 0.3 is 5.97 Å². The summed E-state index contributed by atoms with van der Waals surface area (Å²) in [5.74, 6) is 0.288. The van der Waals surface area contributed by atoms with E-state index in [1.807, 2.05) is 0 Å². The molecule has 32 heavy (non-hydrogen) atoms. The summed E-state index contributed by atoms with van der Waals surface area (Å²) in [4.78, 5) is 13.9. The van der Waals surface area contributed by atoms with Crippen molar-refractivity contribution in [3.8, 4) is 0 Å². The summed E-state index contributed by atoms with van der Waals surface area (Å²) >= 11 is 7.33. The quantitative estimate of drug-likeness (QED) is 0.331. The van der Waals surface area contributed by atoms with Gasteiger partial charge in [-0.2, -0.15) is 0 Å². The number of hydrogen-bond acceptors (Lipinski definition) is 4. The number of thiocarbonyl (C=S) groups is 1. The summed E-state index contributed by atoms with van der Waals surface area (Å²) in [7, 11) is 1.45. The number of fused-ring (bicyclic) bond motifs is 1. The van der Waals surface area contributed by atoms with Gasteiger partial charge in [-0.1, -0.05) is 57.9 Å². The SMILES string of the molecule is CCC(C)c1ccc(C(CC)NC(=S)Nc2sc3c(c2C(=O)OC)CCCCCC3)cc1. The molecule has 174 valence electrons. The number of nitrogens with one attached hydrogen (secondary N) is 2. The Bertz CT molecular complexity index is 921. The van der Waals surface area contributed by atoms with Crippen LogP contribution < -0.4 is 10.6 Å². The van der Waals surface area contributed by atoms with E-state index < -0.39 is 0 Å². The molecule has 1 aromatic carbocycles. The van der Waals surface area contributed by atoms with E-state index in [1.165, 1.54) is 42.4 Å². The molecule has 2 unspecified atom stereocenters. The van der Waals surface area contributed by atoms with E-state index in [0.717, 1.165) is 42.7 Å². The van der Waals surface area contributed by atoms with Crippen LogP contribution >= 0.6 is 23.6 Å². The van der Waals surface area contributed by atoms with Gasteiger partial charge in [-0.25, -0.2) is 4.79 Å². The fourth-order valence-electron chi connectivity index (χ4n) is 4.34. The largest absolute Gasteiger partial charge is 0.465 e. The molecule has 6 heteroatoms. The zero-order valence-electron chi connectivity index (χ0n) is 19.8. The number of benzene rings is 1. The molecule has 1 aliphatic rings. The van der Waals surface area contributed by atoms with Gasteiger partial charge in [0.15, 0.2) is 5.11 Å². The van der Waals surface area contributed by atoms with E-state index in [4.69, 9.17) is 17.0 Å². The molecule has 0 bridgehead atoms. The highest BCUT2D eigenvalue weighted by atomic mass is 32.1. The topological polar surface area (TPSA) is 50.4 Å². The molecular weight excluding hydrogens is 436 g/mol. The minimum Gasteiger partial charge on any atom is -0.465 e. The maximum Gasteiger partial charge on any atom is 0.341 e. The van der Waals surface area contributed by atoms with Crippen LogP contribution in [0, 0.1) is 0 Å². The van der Waals surface area contributed by atoms with Gasteiger partial charge in [0, 0.05) is 4.88 Å². The molecule has 1 aromatic heterocycles. The zero-order valence-corrected chi connectivity index (χ0v) is 21.4. The molecule has 1 heterocycles. The third kappa shape index (κ3) is 5.90. The third-order valence-corrected chi connectivity index (χ3v) is 7.95. The summed E-state index contributed by atoms with van der Waals surface area (Å²) in [6.07, 6.45) is 8.74. The minimum absolute atomic E-state index is 0.114. The Labute approximate surface area is 202 Å². The second kappa shape index (κ2) is 11.8. The maximum atomic E-state index is 12.6. The number of aryl methyl sites for hydroxylation is 1. The molecule has 0 amide bonds. The summed E-state index contributed by atoms with van der Waals surface area (Å²) in [6, 6.07) is 8.95. The van der Waals surface area contributed by atoms with E-state index >= 15 is 0 Å². The van der Waals surface area contributed by atoms with Crippen LogP contribution in [0.25, 0.3) is 0 Å². The molecule has 2 N–H and O–H groups in total. The molecule has 0 saturated carbocycles. The van der Waals surface area contributed by atoms with Crippen molar-refractivity contribution in [1.82, 2.24) is 5.32 Å². The fraction of sp³-hybridized carbons (Fsp3) is 0.538. The van der Waals surface area contributed by atoms with Crippen molar-refractivity contribution in [2.45, 2.75) is 84.1 Å². The van der Waals surface area contributed by atoms with Crippen LogP contribution in [-0.4, -0.2) is 18.2 Å². The van der Waals surface area contributed by atoms with Gasteiger partial charge in [0.05, 0.1) is 18.7 Å². The number of carbonyl (C=O) groups is 1. The van der Waals surface area contributed by atoms with Crippen molar-refractivity contribution >= 4 is 39.6 Å². The fourth-order valence-corrected chi connectivity index (χ4v) is 5.93. The third-order valence-electron chi connectivity index (χ3n) is 6.52. The Kier molecular flexibility index (Phi) is 9.11. The highest BCUT2D eigenvalue weighted by Crippen LogP contribution is 2.37. The second-order valence-corrected chi connectivity index (χ2v) is 10.2. The molecule has 0 aliphatic heterocycles. The number of carbonyl (C=O) groups excluding carboxylic acids is 1. The first-order valence-electron chi connectivity index (χ1n) is 11.9. The molecule has 0 saturated heterocycles. The van der Waals surface area contributed by atoms with E-state index in [1.54, 1.807) is 11.3 Å². The van der Waals surface area contributed by atoms with Gasteiger partial charge < -0.3 is 15.4 Å². The Hall–Kier alpha value is -1.92. The molecule has 0 fully saturated rings. The lowest BCUT2D eigenvalue weighted by molar-refractivity contribution is 0.0601.